The number of benzene rings is 1. The third-order valence-electron chi connectivity index (χ3n) is 3.69. The third kappa shape index (κ3) is 2.93. The molecular formula is C16H22N4. The van der Waals surface area contributed by atoms with Gasteiger partial charge in [-0.05, 0) is 37.5 Å². The molecule has 0 aliphatic carbocycles. The normalized spacial score (nSPS) is 12.8. The molecule has 0 spiro atoms. The second-order valence-electron chi connectivity index (χ2n) is 5.83. The first-order chi connectivity index (χ1) is 9.52. The third-order valence-corrected chi connectivity index (χ3v) is 3.69. The summed E-state index contributed by atoms with van der Waals surface area (Å²) in [6, 6.07) is 7.99. The molecule has 1 aromatic heterocycles. The number of fused-ring (bicyclic) bond motifs is 1. The van der Waals surface area contributed by atoms with Gasteiger partial charge in [0, 0.05) is 6.04 Å². The van der Waals surface area contributed by atoms with Gasteiger partial charge in [-0.3, -0.25) is 0 Å². The Morgan fingerprint density at radius 2 is 2.05 bits per heavy atom. The van der Waals surface area contributed by atoms with Gasteiger partial charge in [0.2, 0.25) is 5.95 Å². The molecule has 0 fully saturated rings. The summed E-state index contributed by atoms with van der Waals surface area (Å²) in [6.07, 6.45) is 3.47. The number of anilines is 1. The van der Waals surface area contributed by atoms with Gasteiger partial charge in [0.25, 0.3) is 0 Å². The lowest BCUT2D eigenvalue weighted by Gasteiger charge is -2.16. The van der Waals surface area contributed by atoms with Gasteiger partial charge in [-0.2, -0.15) is 5.26 Å². The van der Waals surface area contributed by atoms with E-state index in [9.17, 15) is 0 Å². The van der Waals surface area contributed by atoms with Crippen LogP contribution in [0.3, 0.4) is 0 Å². The minimum atomic E-state index is 0.299. The summed E-state index contributed by atoms with van der Waals surface area (Å²) in [5, 5.41) is 9.02. The van der Waals surface area contributed by atoms with Gasteiger partial charge in [0.15, 0.2) is 0 Å². The molecular weight excluding hydrogens is 248 g/mol. The van der Waals surface area contributed by atoms with Crippen LogP contribution in [0.2, 0.25) is 0 Å². The molecule has 0 aliphatic heterocycles. The summed E-state index contributed by atoms with van der Waals surface area (Å²) >= 11 is 0. The van der Waals surface area contributed by atoms with Crippen LogP contribution in [-0.4, -0.2) is 9.55 Å². The molecule has 1 aromatic carbocycles. The SMILES string of the molecule is CC(C)CCCC(C)n1c(N)nc2ccc(C#N)cc21. The van der Waals surface area contributed by atoms with Gasteiger partial charge in [0.1, 0.15) is 0 Å². The van der Waals surface area contributed by atoms with Gasteiger partial charge < -0.3 is 10.3 Å². The Balaban J connectivity index is 2.28. The molecule has 2 rings (SSSR count). The highest BCUT2D eigenvalue weighted by molar-refractivity contribution is 5.80. The van der Waals surface area contributed by atoms with Gasteiger partial charge >= 0.3 is 0 Å². The number of hydrogen-bond acceptors (Lipinski definition) is 3. The number of nitrogens with zero attached hydrogens (tertiary/aromatic N) is 3. The maximum atomic E-state index is 9.02. The highest BCUT2D eigenvalue weighted by Crippen LogP contribution is 2.27. The van der Waals surface area contributed by atoms with Crippen molar-refractivity contribution in [2.24, 2.45) is 5.92 Å². The van der Waals surface area contributed by atoms with E-state index in [0.29, 0.717) is 17.6 Å². The largest absolute Gasteiger partial charge is 0.369 e. The quantitative estimate of drug-likeness (QED) is 0.896. The molecule has 0 radical (unpaired) electrons. The highest BCUT2D eigenvalue weighted by Gasteiger charge is 2.14. The monoisotopic (exact) mass is 270 g/mol. The molecule has 1 unspecified atom stereocenters. The molecule has 0 aliphatic rings. The minimum Gasteiger partial charge on any atom is -0.369 e. The van der Waals surface area contributed by atoms with Crippen LogP contribution in [0.4, 0.5) is 5.95 Å². The fraction of sp³-hybridized carbons (Fsp3) is 0.500. The van der Waals surface area contributed by atoms with Crippen molar-refractivity contribution in [3.05, 3.63) is 23.8 Å². The van der Waals surface area contributed by atoms with Crippen molar-refractivity contribution >= 4 is 17.0 Å². The number of nitriles is 1. The summed E-state index contributed by atoms with van der Waals surface area (Å²) in [4.78, 5) is 4.38. The predicted molar refractivity (Wildman–Crippen MR) is 82.3 cm³/mol. The van der Waals surface area contributed by atoms with E-state index < -0.39 is 0 Å². The zero-order chi connectivity index (χ0) is 14.7. The maximum Gasteiger partial charge on any atom is 0.201 e. The summed E-state index contributed by atoms with van der Waals surface area (Å²) in [5.41, 5.74) is 8.51. The zero-order valence-electron chi connectivity index (χ0n) is 12.4. The molecule has 4 nitrogen and oxygen atoms in total. The van der Waals surface area contributed by atoms with Crippen molar-refractivity contribution in [1.29, 1.82) is 5.26 Å². The molecule has 4 heteroatoms. The number of aromatic nitrogens is 2. The molecule has 2 aromatic rings. The summed E-state index contributed by atoms with van der Waals surface area (Å²) in [5.74, 6) is 1.26. The molecule has 0 saturated heterocycles. The van der Waals surface area contributed by atoms with Gasteiger partial charge in [0.05, 0.1) is 22.7 Å². The Labute approximate surface area is 120 Å². The first-order valence-corrected chi connectivity index (χ1v) is 7.20. The zero-order valence-corrected chi connectivity index (χ0v) is 12.4. The molecule has 20 heavy (non-hydrogen) atoms. The number of nitrogens with two attached hydrogens (primary N) is 1. The fourth-order valence-electron chi connectivity index (χ4n) is 2.60. The Kier molecular flexibility index (Phi) is 4.29. The van der Waals surface area contributed by atoms with Crippen LogP contribution in [0, 0.1) is 17.2 Å². The Hall–Kier alpha value is -2.02. The van der Waals surface area contributed by atoms with Crippen LogP contribution in [-0.2, 0) is 0 Å². The second-order valence-corrected chi connectivity index (χ2v) is 5.83. The summed E-state index contributed by atoms with van der Waals surface area (Å²) in [7, 11) is 0. The van der Waals surface area contributed by atoms with Crippen molar-refractivity contribution in [3.8, 4) is 6.07 Å². The Bertz CT molecular complexity index is 634. The van der Waals surface area contributed by atoms with E-state index in [1.165, 1.54) is 12.8 Å². The number of imidazole rings is 1. The van der Waals surface area contributed by atoms with Crippen LogP contribution in [0.5, 0.6) is 0 Å². The molecule has 0 amide bonds. The fourth-order valence-corrected chi connectivity index (χ4v) is 2.60. The molecule has 0 bridgehead atoms. The van der Waals surface area contributed by atoms with E-state index in [0.717, 1.165) is 23.4 Å². The molecule has 106 valence electrons. The topological polar surface area (TPSA) is 67.6 Å². The van der Waals surface area contributed by atoms with Crippen molar-refractivity contribution in [1.82, 2.24) is 9.55 Å². The van der Waals surface area contributed by atoms with E-state index in [-0.39, 0.29) is 0 Å². The molecule has 0 saturated carbocycles. The van der Waals surface area contributed by atoms with E-state index in [4.69, 9.17) is 11.0 Å². The number of nitrogen functional groups attached to an aromatic ring is 1. The summed E-state index contributed by atoms with van der Waals surface area (Å²) < 4.78 is 2.05. The average Bonchev–Trinajstić information content (AvgIpc) is 2.72. The van der Waals surface area contributed by atoms with Crippen LogP contribution in [0.1, 0.15) is 51.6 Å². The first kappa shape index (κ1) is 14.4. The van der Waals surface area contributed by atoms with E-state index in [2.05, 4.69) is 36.4 Å². The van der Waals surface area contributed by atoms with Crippen LogP contribution >= 0.6 is 0 Å². The lowest BCUT2D eigenvalue weighted by molar-refractivity contribution is 0.457. The van der Waals surface area contributed by atoms with Crippen molar-refractivity contribution in [2.45, 2.75) is 46.1 Å². The molecule has 1 atom stereocenters. The first-order valence-electron chi connectivity index (χ1n) is 7.20. The van der Waals surface area contributed by atoms with Crippen LogP contribution in [0.15, 0.2) is 18.2 Å². The summed E-state index contributed by atoms with van der Waals surface area (Å²) in [6.45, 7) is 6.65. The standard InChI is InChI=1S/C16H22N4/c1-11(2)5-4-6-12(3)20-15-9-13(10-17)7-8-14(15)19-16(20)18/h7-9,11-12H,4-6H2,1-3H3,(H2,18,19). The lowest BCUT2D eigenvalue weighted by Crippen LogP contribution is -2.09. The van der Waals surface area contributed by atoms with Crippen molar-refractivity contribution < 1.29 is 0 Å². The van der Waals surface area contributed by atoms with Crippen LogP contribution in [0.25, 0.3) is 11.0 Å². The average molecular weight is 270 g/mol. The van der Waals surface area contributed by atoms with E-state index in [1.807, 2.05) is 12.1 Å². The highest BCUT2D eigenvalue weighted by atomic mass is 15.2. The van der Waals surface area contributed by atoms with Crippen molar-refractivity contribution in [2.75, 3.05) is 5.73 Å². The Morgan fingerprint density at radius 3 is 2.70 bits per heavy atom. The van der Waals surface area contributed by atoms with Gasteiger partial charge in [-0.25, -0.2) is 4.98 Å². The minimum absolute atomic E-state index is 0.299. The predicted octanol–water partition coefficient (Wildman–Crippen LogP) is 3.88. The number of rotatable bonds is 5. The lowest BCUT2D eigenvalue weighted by atomic mass is 10.0. The van der Waals surface area contributed by atoms with Gasteiger partial charge in [-0.1, -0.05) is 26.7 Å². The van der Waals surface area contributed by atoms with Crippen molar-refractivity contribution in [3.63, 3.8) is 0 Å². The molecule has 1 heterocycles. The smallest absolute Gasteiger partial charge is 0.201 e. The van der Waals surface area contributed by atoms with E-state index >= 15 is 0 Å². The van der Waals surface area contributed by atoms with Crippen LogP contribution < -0.4 is 5.73 Å². The van der Waals surface area contributed by atoms with Gasteiger partial charge in [-0.15, -0.1) is 0 Å². The maximum absolute atomic E-state index is 9.02. The van der Waals surface area contributed by atoms with E-state index in [1.54, 1.807) is 6.07 Å². The number of hydrogen-bond donors (Lipinski definition) is 1. The second kappa shape index (κ2) is 5.96. The Morgan fingerprint density at radius 1 is 1.30 bits per heavy atom. The molecule has 2 N–H and O–H groups in total.